The summed E-state index contributed by atoms with van der Waals surface area (Å²) in [6.07, 6.45) is 3.46. The van der Waals surface area contributed by atoms with E-state index < -0.39 is 5.97 Å². The lowest BCUT2D eigenvalue weighted by Gasteiger charge is -2.08. The number of carbonyl (C=O) groups is 1. The molecule has 1 heterocycles. The third-order valence-electron chi connectivity index (χ3n) is 3.34. The van der Waals surface area contributed by atoms with Gasteiger partial charge in [0.2, 0.25) is 0 Å². The van der Waals surface area contributed by atoms with Crippen molar-refractivity contribution in [3.05, 3.63) is 29.6 Å². The summed E-state index contributed by atoms with van der Waals surface area (Å²) in [5.74, 6) is 0.0648. The fraction of sp³-hybridized carbons (Fsp3) is 0.467. The molecule has 0 radical (unpaired) electrons. The molecule has 2 aromatic rings. The standard InChI is InChI=1S/C15H20N2O3/c1-2-5-14-16-12-7-6-11(15(19)20)10-13(12)17(14)8-3-4-9-18/h6-7,10,18H,2-5,8-9H2,1H3,(H,19,20). The molecule has 5 nitrogen and oxygen atoms in total. The number of rotatable bonds is 7. The van der Waals surface area contributed by atoms with Gasteiger partial charge >= 0.3 is 5.97 Å². The molecule has 0 aliphatic carbocycles. The Labute approximate surface area is 117 Å². The molecule has 0 amide bonds. The van der Waals surface area contributed by atoms with Gasteiger partial charge in [0, 0.05) is 19.6 Å². The summed E-state index contributed by atoms with van der Waals surface area (Å²) in [5.41, 5.74) is 1.98. The highest BCUT2D eigenvalue weighted by molar-refractivity contribution is 5.92. The summed E-state index contributed by atoms with van der Waals surface area (Å²) in [6, 6.07) is 5.04. The number of hydrogen-bond donors (Lipinski definition) is 2. The number of imidazole rings is 1. The van der Waals surface area contributed by atoms with Crippen LogP contribution < -0.4 is 0 Å². The molecule has 2 N–H and O–H groups in total. The number of aromatic nitrogens is 2. The highest BCUT2D eigenvalue weighted by atomic mass is 16.4. The van der Waals surface area contributed by atoms with Crippen LogP contribution in [0.5, 0.6) is 0 Å². The highest BCUT2D eigenvalue weighted by Crippen LogP contribution is 2.20. The van der Waals surface area contributed by atoms with E-state index in [0.717, 1.165) is 49.1 Å². The van der Waals surface area contributed by atoms with Gasteiger partial charge in [-0.3, -0.25) is 0 Å². The molecule has 0 aliphatic heterocycles. The average Bonchev–Trinajstić information content (AvgIpc) is 2.77. The quantitative estimate of drug-likeness (QED) is 0.762. The van der Waals surface area contributed by atoms with E-state index in [2.05, 4.69) is 16.5 Å². The van der Waals surface area contributed by atoms with Crippen LogP contribution in [-0.4, -0.2) is 32.3 Å². The van der Waals surface area contributed by atoms with E-state index in [1.807, 2.05) is 0 Å². The van der Waals surface area contributed by atoms with Crippen molar-refractivity contribution in [2.24, 2.45) is 0 Å². The van der Waals surface area contributed by atoms with Gasteiger partial charge in [0.25, 0.3) is 0 Å². The van der Waals surface area contributed by atoms with Crippen molar-refractivity contribution in [1.29, 1.82) is 0 Å². The lowest BCUT2D eigenvalue weighted by Crippen LogP contribution is -2.05. The summed E-state index contributed by atoms with van der Waals surface area (Å²) in [6.45, 7) is 3.03. The summed E-state index contributed by atoms with van der Waals surface area (Å²) >= 11 is 0. The Kier molecular flexibility index (Phi) is 4.74. The highest BCUT2D eigenvalue weighted by Gasteiger charge is 2.12. The molecular formula is C15H20N2O3. The van der Waals surface area contributed by atoms with Crippen LogP contribution in [0.2, 0.25) is 0 Å². The second kappa shape index (κ2) is 6.52. The first-order chi connectivity index (χ1) is 9.67. The number of aromatic carboxylic acids is 1. The third kappa shape index (κ3) is 2.99. The minimum Gasteiger partial charge on any atom is -0.478 e. The Morgan fingerprint density at radius 1 is 1.35 bits per heavy atom. The van der Waals surface area contributed by atoms with Crippen molar-refractivity contribution in [3.8, 4) is 0 Å². The predicted octanol–water partition coefficient (Wildman–Crippen LogP) is 2.46. The molecule has 20 heavy (non-hydrogen) atoms. The maximum Gasteiger partial charge on any atom is 0.335 e. The van der Waals surface area contributed by atoms with Gasteiger partial charge in [-0.05, 0) is 37.5 Å². The predicted molar refractivity (Wildman–Crippen MR) is 77.0 cm³/mol. The van der Waals surface area contributed by atoms with Crippen LogP contribution in [0.3, 0.4) is 0 Å². The first-order valence-electron chi connectivity index (χ1n) is 7.00. The number of benzene rings is 1. The third-order valence-corrected chi connectivity index (χ3v) is 3.34. The summed E-state index contributed by atoms with van der Waals surface area (Å²) in [5, 5.41) is 18.0. The fourth-order valence-corrected chi connectivity index (χ4v) is 2.35. The number of aryl methyl sites for hydroxylation is 2. The van der Waals surface area contributed by atoms with Crippen LogP contribution in [0.4, 0.5) is 0 Å². The maximum atomic E-state index is 11.1. The monoisotopic (exact) mass is 276 g/mol. The first-order valence-corrected chi connectivity index (χ1v) is 7.00. The number of unbranched alkanes of at least 4 members (excludes halogenated alkanes) is 1. The molecule has 0 fully saturated rings. The SMILES string of the molecule is CCCc1nc2ccc(C(=O)O)cc2n1CCCCO. The number of aliphatic hydroxyl groups excluding tert-OH is 1. The van der Waals surface area contributed by atoms with Crippen molar-refractivity contribution in [3.63, 3.8) is 0 Å². The van der Waals surface area contributed by atoms with Crippen molar-refractivity contribution < 1.29 is 15.0 Å². The molecule has 0 saturated heterocycles. The molecule has 0 aliphatic rings. The van der Waals surface area contributed by atoms with Crippen LogP contribution in [-0.2, 0) is 13.0 Å². The maximum absolute atomic E-state index is 11.1. The van der Waals surface area contributed by atoms with Crippen molar-refractivity contribution in [1.82, 2.24) is 9.55 Å². The van der Waals surface area contributed by atoms with Gasteiger partial charge in [-0.2, -0.15) is 0 Å². The van der Waals surface area contributed by atoms with E-state index in [1.54, 1.807) is 18.2 Å². The van der Waals surface area contributed by atoms with Crippen molar-refractivity contribution >= 4 is 17.0 Å². The van der Waals surface area contributed by atoms with Gasteiger partial charge in [0.1, 0.15) is 5.82 Å². The first kappa shape index (κ1) is 14.5. The van der Waals surface area contributed by atoms with Gasteiger partial charge < -0.3 is 14.8 Å². The minimum atomic E-state index is -0.924. The van der Waals surface area contributed by atoms with Crippen LogP contribution in [0.1, 0.15) is 42.4 Å². The van der Waals surface area contributed by atoms with Crippen LogP contribution in [0, 0.1) is 0 Å². The van der Waals surface area contributed by atoms with Crippen LogP contribution in [0.15, 0.2) is 18.2 Å². The lowest BCUT2D eigenvalue weighted by molar-refractivity contribution is 0.0697. The smallest absolute Gasteiger partial charge is 0.335 e. The Hall–Kier alpha value is -1.88. The van der Waals surface area contributed by atoms with Gasteiger partial charge in [-0.15, -0.1) is 0 Å². The molecule has 2 rings (SSSR count). The Bertz CT molecular complexity index is 604. The molecule has 0 saturated carbocycles. The number of hydrogen-bond acceptors (Lipinski definition) is 3. The second-order valence-electron chi connectivity index (χ2n) is 4.87. The molecular weight excluding hydrogens is 256 g/mol. The zero-order valence-electron chi connectivity index (χ0n) is 11.7. The largest absolute Gasteiger partial charge is 0.478 e. The Morgan fingerprint density at radius 2 is 2.15 bits per heavy atom. The van der Waals surface area contributed by atoms with E-state index in [9.17, 15) is 4.79 Å². The molecule has 0 atom stereocenters. The van der Waals surface area contributed by atoms with E-state index >= 15 is 0 Å². The van der Waals surface area contributed by atoms with E-state index in [0.29, 0.717) is 0 Å². The number of carboxylic acid groups (broad SMARTS) is 1. The van der Waals surface area contributed by atoms with E-state index in [1.165, 1.54) is 0 Å². The van der Waals surface area contributed by atoms with Gasteiger partial charge in [0.15, 0.2) is 0 Å². The number of fused-ring (bicyclic) bond motifs is 1. The topological polar surface area (TPSA) is 75.3 Å². The Balaban J connectivity index is 2.43. The molecule has 5 heteroatoms. The molecule has 1 aromatic heterocycles. The van der Waals surface area contributed by atoms with Gasteiger partial charge in [-0.25, -0.2) is 9.78 Å². The van der Waals surface area contributed by atoms with Crippen LogP contribution in [0.25, 0.3) is 11.0 Å². The minimum absolute atomic E-state index is 0.177. The number of carboxylic acids is 1. The molecule has 0 bridgehead atoms. The Morgan fingerprint density at radius 3 is 2.80 bits per heavy atom. The molecule has 0 spiro atoms. The number of nitrogens with zero attached hydrogens (tertiary/aromatic N) is 2. The van der Waals surface area contributed by atoms with Gasteiger partial charge in [-0.1, -0.05) is 6.92 Å². The summed E-state index contributed by atoms with van der Waals surface area (Å²) < 4.78 is 2.08. The number of aliphatic hydroxyl groups is 1. The molecule has 0 unspecified atom stereocenters. The summed E-state index contributed by atoms with van der Waals surface area (Å²) in [4.78, 5) is 15.7. The van der Waals surface area contributed by atoms with E-state index in [4.69, 9.17) is 10.2 Å². The zero-order valence-corrected chi connectivity index (χ0v) is 11.7. The zero-order chi connectivity index (χ0) is 14.5. The van der Waals surface area contributed by atoms with Crippen molar-refractivity contribution in [2.45, 2.75) is 39.2 Å². The molecule has 108 valence electrons. The average molecular weight is 276 g/mol. The lowest BCUT2D eigenvalue weighted by atomic mass is 10.2. The second-order valence-corrected chi connectivity index (χ2v) is 4.87. The van der Waals surface area contributed by atoms with Crippen LogP contribution >= 0.6 is 0 Å². The summed E-state index contributed by atoms with van der Waals surface area (Å²) in [7, 11) is 0. The van der Waals surface area contributed by atoms with Crippen molar-refractivity contribution in [2.75, 3.05) is 6.61 Å². The molecule has 1 aromatic carbocycles. The normalized spacial score (nSPS) is 11.1. The van der Waals surface area contributed by atoms with Gasteiger partial charge in [0.05, 0.1) is 16.6 Å². The van der Waals surface area contributed by atoms with E-state index in [-0.39, 0.29) is 12.2 Å². The fourth-order valence-electron chi connectivity index (χ4n) is 2.35.